The monoisotopic (exact) mass is 589 g/mol. The Kier molecular flexibility index (Phi) is 7.98. The SMILES string of the molecule is CCOC(=O)COc1ccc(Br)cc1/C=C1/SC(=S)N(c2ccc(Br)c(Cl)c2)C1=O. The van der Waals surface area contributed by atoms with Gasteiger partial charge < -0.3 is 9.47 Å². The summed E-state index contributed by atoms with van der Waals surface area (Å²) < 4.78 is 12.4. The summed E-state index contributed by atoms with van der Waals surface area (Å²) in [7, 11) is 0. The molecule has 2 aromatic carbocycles. The maximum atomic E-state index is 13.0. The van der Waals surface area contributed by atoms with Gasteiger partial charge in [0.15, 0.2) is 10.9 Å². The van der Waals surface area contributed by atoms with Crippen molar-refractivity contribution < 1.29 is 19.1 Å². The third kappa shape index (κ3) is 5.45. The van der Waals surface area contributed by atoms with E-state index in [0.717, 1.165) is 8.95 Å². The average molecular weight is 592 g/mol. The second-order valence-corrected chi connectivity index (χ2v) is 9.74. The summed E-state index contributed by atoms with van der Waals surface area (Å²) in [5.74, 6) is -0.285. The largest absolute Gasteiger partial charge is 0.481 e. The van der Waals surface area contributed by atoms with Crippen molar-refractivity contribution >= 4 is 95.4 Å². The Morgan fingerprint density at radius 2 is 2.03 bits per heavy atom. The van der Waals surface area contributed by atoms with E-state index in [1.54, 1.807) is 49.4 Å². The number of anilines is 1. The number of rotatable bonds is 6. The molecule has 0 N–H and O–H groups in total. The fourth-order valence-corrected chi connectivity index (χ4v) is 4.65. The topological polar surface area (TPSA) is 55.8 Å². The van der Waals surface area contributed by atoms with Gasteiger partial charge in [0.25, 0.3) is 5.91 Å². The van der Waals surface area contributed by atoms with Crippen molar-refractivity contribution in [1.82, 2.24) is 0 Å². The van der Waals surface area contributed by atoms with Crippen molar-refractivity contribution in [2.24, 2.45) is 0 Å². The Labute approximate surface area is 205 Å². The molecule has 1 fully saturated rings. The van der Waals surface area contributed by atoms with E-state index in [1.807, 2.05) is 0 Å². The van der Waals surface area contributed by atoms with Gasteiger partial charge in [-0.15, -0.1) is 0 Å². The van der Waals surface area contributed by atoms with Crippen LogP contribution in [0.5, 0.6) is 5.75 Å². The molecular formula is C20H14Br2ClNO4S2. The Balaban J connectivity index is 1.88. The van der Waals surface area contributed by atoms with Gasteiger partial charge in [-0.2, -0.15) is 0 Å². The molecule has 1 aliphatic rings. The van der Waals surface area contributed by atoms with Crippen LogP contribution in [-0.2, 0) is 14.3 Å². The van der Waals surface area contributed by atoms with E-state index < -0.39 is 5.97 Å². The lowest BCUT2D eigenvalue weighted by molar-refractivity contribution is -0.145. The number of halogens is 3. The highest BCUT2D eigenvalue weighted by Gasteiger charge is 2.33. The summed E-state index contributed by atoms with van der Waals surface area (Å²) >= 11 is 19.5. The van der Waals surface area contributed by atoms with Gasteiger partial charge in [-0.25, -0.2) is 4.79 Å². The van der Waals surface area contributed by atoms with E-state index >= 15 is 0 Å². The van der Waals surface area contributed by atoms with E-state index in [9.17, 15) is 9.59 Å². The molecule has 1 saturated heterocycles. The Hall–Kier alpha value is -1.39. The molecule has 0 aliphatic carbocycles. The van der Waals surface area contributed by atoms with Crippen LogP contribution in [0, 0.1) is 0 Å². The lowest BCUT2D eigenvalue weighted by atomic mass is 10.2. The minimum atomic E-state index is -0.468. The highest BCUT2D eigenvalue weighted by Crippen LogP contribution is 2.39. The fourth-order valence-electron chi connectivity index (χ4n) is 2.56. The number of thiocarbonyl (C=S) groups is 1. The molecule has 1 amide bonds. The number of carbonyl (C=O) groups is 2. The second kappa shape index (κ2) is 10.3. The van der Waals surface area contributed by atoms with Crippen LogP contribution in [0.4, 0.5) is 5.69 Å². The summed E-state index contributed by atoms with van der Waals surface area (Å²) in [4.78, 5) is 26.5. The van der Waals surface area contributed by atoms with Gasteiger partial charge >= 0.3 is 5.97 Å². The normalized spacial score (nSPS) is 15.1. The lowest BCUT2D eigenvalue weighted by Crippen LogP contribution is -2.27. The number of thioether (sulfide) groups is 1. The van der Waals surface area contributed by atoms with E-state index in [1.165, 1.54) is 16.7 Å². The summed E-state index contributed by atoms with van der Waals surface area (Å²) in [6.07, 6.45) is 1.69. The number of esters is 1. The molecule has 0 aromatic heterocycles. The van der Waals surface area contributed by atoms with Crippen molar-refractivity contribution in [2.75, 3.05) is 18.1 Å². The van der Waals surface area contributed by atoms with Crippen LogP contribution in [0.3, 0.4) is 0 Å². The molecule has 0 spiro atoms. The van der Waals surface area contributed by atoms with E-state index in [4.69, 9.17) is 33.3 Å². The summed E-state index contributed by atoms with van der Waals surface area (Å²) in [5.41, 5.74) is 1.21. The first kappa shape index (κ1) is 23.3. The van der Waals surface area contributed by atoms with Crippen LogP contribution >= 0.6 is 67.4 Å². The fraction of sp³-hybridized carbons (Fsp3) is 0.150. The standard InChI is InChI=1S/C20H14Br2ClNO4S2/c1-2-27-18(25)10-28-16-6-3-12(21)7-11(16)8-17-19(26)24(20(29)30-17)13-4-5-14(22)15(23)9-13/h3-9H,2,10H2,1H3/b17-8+. The van der Waals surface area contributed by atoms with Gasteiger partial charge in [0.05, 0.1) is 22.2 Å². The molecule has 10 heteroatoms. The molecular weight excluding hydrogens is 578 g/mol. The molecule has 156 valence electrons. The molecule has 5 nitrogen and oxygen atoms in total. The van der Waals surface area contributed by atoms with Crippen LogP contribution in [0.1, 0.15) is 12.5 Å². The molecule has 0 bridgehead atoms. The first-order valence-corrected chi connectivity index (χ1v) is 11.8. The molecule has 1 aliphatic heterocycles. The van der Waals surface area contributed by atoms with Crippen molar-refractivity contribution in [3.63, 3.8) is 0 Å². The highest BCUT2D eigenvalue weighted by atomic mass is 79.9. The van der Waals surface area contributed by atoms with Gasteiger partial charge in [0.2, 0.25) is 0 Å². The number of benzene rings is 2. The lowest BCUT2D eigenvalue weighted by Gasteiger charge is -2.15. The highest BCUT2D eigenvalue weighted by molar-refractivity contribution is 9.10. The van der Waals surface area contributed by atoms with Gasteiger partial charge in [0, 0.05) is 14.5 Å². The third-order valence-corrected chi connectivity index (χ3v) is 6.89. The summed E-state index contributed by atoms with van der Waals surface area (Å²) in [5, 5.41) is 0.479. The quantitative estimate of drug-likeness (QED) is 0.226. The number of hydrogen-bond acceptors (Lipinski definition) is 6. The maximum Gasteiger partial charge on any atom is 0.344 e. The number of ether oxygens (including phenoxy) is 2. The van der Waals surface area contributed by atoms with Crippen molar-refractivity contribution in [1.29, 1.82) is 0 Å². The molecule has 3 rings (SSSR count). The Morgan fingerprint density at radius 1 is 1.27 bits per heavy atom. The van der Waals surface area contributed by atoms with Gasteiger partial charge in [-0.05, 0) is 65.3 Å². The Morgan fingerprint density at radius 3 is 2.73 bits per heavy atom. The van der Waals surface area contributed by atoms with Gasteiger partial charge in [-0.3, -0.25) is 9.69 Å². The van der Waals surface area contributed by atoms with E-state index in [-0.39, 0.29) is 19.1 Å². The number of nitrogens with zero attached hydrogens (tertiary/aromatic N) is 1. The van der Waals surface area contributed by atoms with E-state index in [2.05, 4.69) is 31.9 Å². The van der Waals surface area contributed by atoms with Crippen LogP contribution in [0.2, 0.25) is 5.02 Å². The molecule has 0 radical (unpaired) electrons. The van der Waals surface area contributed by atoms with Crippen LogP contribution in [-0.4, -0.2) is 29.4 Å². The zero-order chi connectivity index (χ0) is 21.8. The maximum absolute atomic E-state index is 13.0. The minimum Gasteiger partial charge on any atom is -0.481 e. The molecule has 0 saturated carbocycles. The van der Waals surface area contributed by atoms with E-state index in [0.29, 0.717) is 31.2 Å². The van der Waals surface area contributed by atoms with Crippen molar-refractivity contribution in [2.45, 2.75) is 6.92 Å². The number of amides is 1. The molecule has 1 heterocycles. The zero-order valence-electron chi connectivity index (χ0n) is 15.5. The molecule has 2 aromatic rings. The zero-order valence-corrected chi connectivity index (χ0v) is 21.0. The van der Waals surface area contributed by atoms with Crippen LogP contribution in [0.25, 0.3) is 6.08 Å². The van der Waals surface area contributed by atoms with Crippen molar-refractivity contribution in [3.8, 4) is 5.75 Å². The predicted molar refractivity (Wildman–Crippen MR) is 131 cm³/mol. The first-order chi connectivity index (χ1) is 14.3. The number of carbonyl (C=O) groups excluding carboxylic acids is 2. The van der Waals surface area contributed by atoms with Crippen LogP contribution < -0.4 is 9.64 Å². The molecule has 30 heavy (non-hydrogen) atoms. The minimum absolute atomic E-state index is 0.228. The van der Waals surface area contributed by atoms with Gasteiger partial charge in [0.1, 0.15) is 5.75 Å². The summed E-state index contributed by atoms with van der Waals surface area (Å²) in [6.45, 7) is 1.77. The van der Waals surface area contributed by atoms with Crippen molar-refractivity contribution in [3.05, 3.63) is 60.8 Å². The average Bonchev–Trinajstić information content (AvgIpc) is 2.97. The summed E-state index contributed by atoms with van der Waals surface area (Å²) in [6, 6.07) is 10.5. The Bertz CT molecular complexity index is 1060. The molecule has 0 unspecified atom stereocenters. The van der Waals surface area contributed by atoms with Crippen LogP contribution in [0.15, 0.2) is 50.2 Å². The third-order valence-electron chi connectivity index (χ3n) is 3.86. The number of hydrogen-bond donors (Lipinski definition) is 0. The van der Waals surface area contributed by atoms with Gasteiger partial charge in [-0.1, -0.05) is 51.5 Å². The molecule has 0 atom stereocenters. The predicted octanol–water partition coefficient (Wildman–Crippen LogP) is 6.21. The smallest absolute Gasteiger partial charge is 0.344 e. The first-order valence-electron chi connectivity index (χ1n) is 8.61. The second-order valence-electron chi connectivity index (χ2n) is 5.89.